The van der Waals surface area contributed by atoms with E-state index in [1.807, 2.05) is 12.3 Å². The van der Waals surface area contributed by atoms with Gasteiger partial charge in [0.05, 0.1) is 12.2 Å². The number of pyridine rings is 1. The van der Waals surface area contributed by atoms with Gasteiger partial charge in [-0.3, -0.25) is 4.99 Å². The Hall–Kier alpha value is -2.57. The summed E-state index contributed by atoms with van der Waals surface area (Å²) >= 11 is 0. The van der Waals surface area contributed by atoms with Crippen LogP contribution in [0.15, 0.2) is 33.9 Å². The zero-order valence-electron chi connectivity index (χ0n) is 18.8. The fraction of sp³-hybridized carbons (Fsp3) is 0.609. The number of nitrogens with zero attached hydrogens (tertiary/aromatic N) is 4. The van der Waals surface area contributed by atoms with Crippen LogP contribution in [-0.2, 0) is 13.1 Å². The Kier molecular flexibility index (Phi) is 8.11. The first-order valence-corrected chi connectivity index (χ1v) is 11.2. The van der Waals surface area contributed by atoms with Crippen LogP contribution in [0.2, 0.25) is 0 Å². The monoisotopic (exact) mass is 412 g/mol. The van der Waals surface area contributed by atoms with Gasteiger partial charge in [-0.1, -0.05) is 32.0 Å². The van der Waals surface area contributed by atoms with Gasteiger partial charge in [0.25, 0.3) is 0 Å². The molecule has 0 spiro atoms. The van der Waals surface area contributed by atoms with Crippen molar-refractivity contribution in [3.05, 3.63) is 41.4 Å². The number of hydrogen-bond donors (Lipinski definition) is 2. The van der Waals surface area contributed by atoms with Gasteiger partial charge in [0.1, 0.15) is 5.82 Å². The molecule has 7 nitrogen and oxygen atoms in total. The molecule has 30 heavy (non-hydrogen) atoms. The number of aliphatic imine (C=N–C) groups is 1. The third-order valence-corrected chi connectivity index (χ3v) is 6.01. The predicted octanol–water partition coefficient (Wildman–Crippen LogP) is 4.07. The average Bonchev–Trinajstić information content (AvgIpc) is 3.24. The van der Waals surface area contributed by atoms with Crippen molar-refractivity contribution in [3.8, 4) is 0 Å². The fourth-order valence-electron chi connectivity index (χ4n) is 3.83. The van der Waals surface area contributed by atoms with Gasteiger partial charge in [-0.25, -0.2) is 4.98 Å². The molecule has 1 aliphatic rings. The Balaban J connectivity index is 1.46. The minimum atomic E-state index is 0.462. The molecule has 7 heteroatoms. The molecule has 3 heterocycles. The molecular formula is C23H36N6O. The van der Waals surface area contributed by atoms with Crippen molar-refractivity contribution in [3.63, 3.8) is 0 Å². The van der Waals surface area contributed by atoms with E-state index in [2.05, 4.69) is 63.6 Å². The van der Waals surface area contributed by atoms with Crippen molar-refractivity contribution in [1.29, 1.82) is 0 Å². The van der Waals surface area contributed by atoms with Gasteiger partial charge in [0.2, 0.25) is 0 Å². The van der Waals surface area contributed by atoms with E-state index in [-0.39, 0.29) is 0 Å². The van der Waals surface area contributed by atoms with Crippen LogP contribution in [0.4, 0.5) is 5.82 Å². The molecule has 2 N–H and O–H groups in total. The van der Waals surface area contributed by atoms with E-state index in [4.69, 9.17) is 4.52 Å². The third-order valence-electron chi connectivity index (χ3n) is 6.01. The Morgan fingerprint density at radius 1 is 1.20 bits per heavy atom. The molecule has 0 aliphatic carbocycles. The average molecular weight is 413 g/mol. The highest BCUT2D eigenvalue weighted by Crippen LogP contribution is 2.22. The Morgan fingerprint density at radius 3 is 2.57 bits per heavy atom. The summed E-state index contributed by atoms with van der Waals surface area (Å²) < 4.78 is 5.47. The highest BCUT2D eigenvalue weighted by molar-refractivity contribution is 5.79. The van der Waals surface area contributed by atoms with Gasteiger partial charge in [0, 0.05) is 44.9 Å². The molecule has 0 bridgehead atoms. The SMILES string of the molecule is CCC(CC)c1cc(CNC(=NC)NCc2ccc(N3CCC(C)CC3)nc2)on1. The molecule has 164 valence electrons. The summed E-state index contributed by atoms with van der Waals surface area (Å²) in [4.78, 5) is 11.3. The van der Waals surface area contributed by atoms with E-state index in [1.54, 1.807) is 7.05 Å². The first kappa shape index (κ1) is 22.1. The lowest BCUT2D eigenvalue weighted by Gasteiger charge is -2.31. The van der Waals surface area contributed by atoms with E-state index < -0.39 is 0 Å². The maximum Gasteiger partial charge on any atom is 0.191 e. The highest BCUT2D eigenvalue weighted by Gasteiger charge is 2.17. The maximum atomic E-state index is 5.47. The summed E-state index contributed by atoms with van der Waals surface area (Å²) in [6.07, 6.45) is 6.59. The summed E-state index contributed by atoms with van der Waals surface area (Å²) in [7, 11) is 1.77. The van der Waals surface area contributed by atoms with Crippen LogP contribution in [0.3, 0.4) is 0 Å². The third kappa shape index (κ3) is 5.97. The Labute approximate surface area is 180 Å². The molecule has 2 aromatic heterocycles. The number of nitrogens with one attached hydrogen (secondary N) is 2. The van der Waals surface area contributed by atoms with Crippen LogP contribution in [0.25, 0.3) is 0 Å². The van der Waals surface area contributed by atoms with Crippen LogP contribution in [0.5, 0.6) is 0 Å². The quantitative estimate of drug-likeness (QED) is 0.503. The standard InChI is InChI=1S/C23H36N6O/c1-5-19(6-2)21-13-20(30-28-21)16-27-23(24-4)26-15-18-7-8-22(25-14-18)29-11-9-17(3)10-12-29/h7-8,13-14,17,19H,5-6,9-12,15-16H2,1-4H3,(H2,24,26,27). The van der Waals surface area contributed by atoms with Crippen LogP contribution >= 0.6 is 0 Å². The highest BCUT2D eigenvalue weighted by atomic mass is 16.5. The maximum absolute atomic E-state index is 5.47. The van der Waals surface area contributed by atoms with Crippen molar-refractivity contribution in [2.75, 3.05) is 25.0 Å². The van der Waals surface area contributed by atoms with Gasteiger partial charge in [-0.05, 0) is 43.2 Å². The Bertz CT molecular complexity index is 788. The van der Waals surface area contributed by atoms with Crippen LogP contribution in [0, 0.1) is 5.92 Å². The van der Waals surface area contributed by atoms with Gasteiger partial charge in [0.15, 0.2) is 11.7 Å². The number of hydrogen-bond acceptors (Lipinski definition) is 5. The normalized spacial score (nSPS) is 15.6. The zero-order valence-corrected chi connectivity index (χ0v) is 18.8. The van der Waals surface area contributed by atoms with Crippen molar-refractivity contribution < 1.29 is 4.52 Å². The Morgan fingerprint density at radius 2 is 1.93 bits per heavy atom. The van der Waals surface area contributed by atoms with E-state index in [9.17, 15) is 0 Å². The van der Waals surface area contributed by atoms with Crippen molar-refractivity contribution in [1.82, 2.24) is 20.8 Å². The van der Waals surface area contributed by atoms with Gasteiger partial charge in [-0.2, -0.15) is 0 Å². The first-order valence-electron chi connectivity index (χ1n) is 11.2. The first-order chi connectivity index (χ1) is 14.6. The molecule has 0 atom stereocenters. The number of guanidine groups is 1. The van der Waals surface area contributed by atoms with Crippen molar-refractivity contribution >= 4 is 11.8 Å². The lowest BCUT2D eigenvalue weighted by Crippen LogP contribution is -2.36. The smallest absolute Gasteiger partial charge is 0.191 e. The fourth-order valence-corrected chi connectivity index (χ4v) is 3.83. The summed E-state index contributed by atoms with van der Waals surface area (Å²) in [5.74, 6) is 3.91. The number of piperidine rings is 1. The van der Waals surface area contributed by atoms with E-state index in [1.165, 1.54) is 12.8 Å². The van der Waals surface area contributed by atoms with Crippen LogP contribution in [-0.4, -0.2) is 36.2 Å². The second-order valence-corrected chi connectivity index (χ2v) is 8.21. The lowest BCUT2D eigenvalue weighted by molar-refractivity contribution is 0.368. The van der Waals surface area contributed by atoms with Crippen LogP contribution in [0.1, 0.15) is 69.4 Å². The van der Waals surface area contributed by atoms with Crippen molar-refractivity contribution in [2.45, 2.75) is 65.5 Å². The summed E-state index contributed by atoms with van der Waals surface area (Å²) in [5.41, 5.74) is 2.16. The second-order valence-electron chi connectivity index (χ2n) is 8.21. The summed E-state index contributed by atoms with van der Waals surface area (Å²) in [6, 6.07) is 6.30. The van der Waals surface area contributed by atoms with Gasteiger partial charge in [-0.15, -0.1) is 0 Å². The predicted molar refractivity (Wildman–Crippen MR) is 122 cm³/mol. The second kappa shape index (κ2) is 11.0. The topological polar surface area (TPSA) is 78.6 Å². The van der Waals surface area contributed by atoms with Gasteiger partial charge >= 0.3 is 0 Å². The molecule has 1 fully saturated rings. The molecule has 3 rings (SSSR count). The minimum absolute atomic E-state index is 0.462. The number of anilines is 1. The van der Waals surface area contributed by atoms with Crippen LogP contribution < -0.4 is 15.5 Å². The molecular weight excluding hydrogens is 376 g/mol. The van der Waals surface area contributed by atoms with E-state index in [0.29, 0.717) is 19.0 Å². The lowest BCUT2D eigenvalue weighted by atomic mass is 9.99. The molecule has 0 radical (unpaired) electrons. The molecule has 2 aromatic rings. The van der Waals surface area contributed by atoms with E-state index in [0.717, 1.165) is 60.6 Å². The minimum Gasteiger partial charge on any atom is -0.359 e. The zero-order chi connectivity index (χ0) is 21.3. The largest absolute Gasteiger partial charge is 0.359 e. The summed E-state index contributed by atoms with van der Waals surface area (Å²) in [5, 5.41) is 10.8. The summed E-state index contributed by atoms with van der Waals surface area (Å²) in [6.45, 7) is 10.1. The molecule has 1 saturated heterocycles. The molecule has 0 amide bonds. The molecule has 0 unspecified atom stereocenters. The van der Waals surface area contributed by atoms with E-state index >= 15 is 0 Å². The molecule has 0 saturated carbocycles. The molecule has 0 aromatic carbocycles. The van der Waals surface area contributed by atoms with Gasteiger partial charge < -0.3 is 20.1 Å². The van der Waals surface area contributed by atoms with Crippen molar-refractivity contribution in [2.24, 2.45) is 10.9 Å². The number of rotatable bonds is 8. The molecule has 1 aliphatic heterocycles. The number of aromatic nitrogens is 2.